The van der Waals surface area contributed by atoms with Crippen LogP contribution in [0.1, 0.15) is 36.5 Å². The highest BCUT2D eigenvalue weighted by Crippen LogP contribution is 2.29. The normalized spacial score (nSPS) is 19.4. The number of Topliss-reactive ketones (excluding diaryl/α,β-unsaturated/α-hetero) is 1. The summed E-state index contributed by atoms with van der Waals surface area (Å²) < 4.78 is 27.3. The summed E-state index contributed by atoms with van der Waals surface area (Å²) in [6.07, 6.45) is 2.71. The molecule has 0 radical (unpaired) electrons. The molecule has 2 aromatic carbocycles. The molecule has 31 heavy (non-hydrogen) atoms. The number of ketones is 1. The summed E-state index contributed by atoms with van der Waals surface area (Å²) in [6, 6.07) is 12.4. The number of anilines is 2. The third kappa shape index (κ3) is 3.98. The van der Waals surface area contributed by atoms with Crippen molar-refractivity contribution >= 4 is 39.0 Å². The van der Waals surface area contributed by atoms with Gasteiger partial charge < -0.3 is 5.32 Å². The van der Waals surface area contributed by atoms with E-state index in [-0.39, 0.29) is 23.0 Å². The van der Waals surface area contributed by atoms with Gasteiger partial charge in [-0.3, -0.25) is 19.3 Å². The number of hydrogen-bond donors (Lipinski definition) is 1. The molecule has 0 bridgehead atoms. The van der Waals surface area contributed by atoms with Crippen molar-refractivity contribution in [1.29, 1.82) is 0 Å². The molecule has 162 valence electrons. The second-order valence-electron chi connectivity index (χ2n) is 7.77. The van der Waals surface area contributed by atoms with Crippen LogP contribution in [0, 0.1) is 0 Å². The Bertz CT molecular complexity index is 1140. The minimum absolute atomic E-state index is 0.0401. The Hall–Kier alpha value is -3.04. The molecular weight excluding hydrogens is 418 g/mol. The van der Waals surface area contributed by atoms with Gasteiger partial charge in [-0.15, -0.1) is 0 Å². The van der Waals surface area contributed by atoms with Crippen LogP contribution in [-0.2, 0) is 19.6 Å². The number of carbonyl (C=O) groups excluding carboxylic acids is 3. The fourth-order valence-electron chi connectivity index (χ4n) is 4.02. The van der Waals surface area contributed by atoms with Crippen molar-refractivity contribution in [2.75, 3.05) is 23.3 Å². The molecule has 1 N–H and O–H groups in total. The van der Waals surface area contributed by atoms with Gasteiger partial charge >= 0.3 is 0 Å². The number of amides is 2. The third-order valence-corrected chi connectivity index (χ3v) is 7.70. The molecule has 0 saturated carbocycles. The number of carbonyl (C=O) groups is 3. The third-order valence-electron chi connectivity index (χ3n) is 5.67. The number of nitrogens with one attached hydrogen (secondary N) is 1. The predicted molar refractivity (Wildman–Crippen MR) is 115 cm³/mol. The molecule has 9 heteroatoms. The molecule has 8 nitrogen and oxygen atoms in total. The van der Waals surface area contributed by atoms with Gasteiger partial charge in [0.15, 0.2) is 0 Å². The van der Waals surface area contributed by atoms with E-state index >= 15 is 0 Å². The predicted octanol–water partition coefficient (Wildman–Crippen LogP) is 2.42. The first-order valence-corrected chi connectivity index (χ1v) is 11.6. The van der Waals surface area contributed by atoms with Crippen LogP contribution >= 0.6 is 0 Å². The van der Waals surface area contributed by atoms with E-state index in [2.05, 4.69) is 5.32 Å². The highest BCUT2D eigenvalue weighted by atomic mass is 32.2. The molecule has 2 aromatic rings. The van der Waals surface area contributed by atoms with E-state index in [0.29, 0.717) is 17.9 Å². The van der Waals surface area contributed by atoms with E-state index in [1.807, 2.05) is 6.92 Å². The number of benzene rings is 2. The number of rotatable bonds is 5. The minimum Gasteiger partial charge on any atom is -0.325 e. The Morgan fingerprint density at radius 1 is 1.06 bits per heavy atom. The van der Waals surface area contributed by atoms with E-state index in [9.17, 15) is 22.8 Å². The van der Waals surface area contributed by atoms with Crippen LogP contribution in [0.3, 0.4) is 0 Å². The number of nitrogens with zero attached hydrogens (tertiary/aromatic N) is 2. The lowest BCUT2D eigenvalue weighted by atomic mass is 10.1. The van der Waals surface area contributed by atoms with Gasteiger partial charge in [0, 0.05) is 18.3 Å². The quantitative estimate of drug-likeness (QED) is 0.718. The first kappa shape index (κ1) is 21.2. The lowest BCUT2D eigenvalue weighted by Crippen LogP contribution is -2.41. The van der Waals surface area contributed by atoms with Gasteiger partial charge in [0.2, 0.25) is 15.9 Å². The minimum atomic E-state index is -3.59. The van der Waals surface area contributed by atoms with Crippen molar-refractivity contribution in [1.82, 2.24) is 4.31 Å². The van der Waals surface area contributed by atoms with Crippen LogP contribution in [0.5, 0.6) is 0 Å². The van der Waals surface area contributed by atoms with Crippen LogP contribution in [0.2, 0.25) is 0 Å². The average molecular weight is 442 g/mol. The van der Waals surface area contributed by atoms with Crippen molar-refractivity contribution in [2.45, 2.75) is 37.1 Å². The summed E-state index contributed by atoms with van der Waals surface area (Å²) in [5.41, 5.74) is 1.09. The van der Waals surface area contributed by atoms with E-state index in [1.165, 1.54) is 28.6 Å². The molecule has 2 amide bonds. The molecule has 2 aliphatic heterocycles. The zero-order chi connectivity index (χ0) is 22.2. The fourth-order valence-corrected chi connectivity index (χ4v) is 5.72. The Labute approximate surface area is 180 Å². The topological polar surface area (TPSA) is 104 Å². The molecule has 1 saturated heterocycles. The van der Waals surface area contributed by atoms with Gasteiger partial charge in [0.25, 0.3) is 11.7 Å². The molecule has 4 rings (SSSR count). The second kappa shape index (κ2) is 8.24. The first-order chi connectivity index (χ1) is 14.8. The molecule has 0 unspecified atom stereocenters. The first-order valence-electron chi connectivity index (χ1n) is 10.2. The Kier molecular flexibility index (Phi) is 5.63. The maximum Gasteiger partial charge on any atom is 0.299 e. The van der Waals surface area contributed by atoms with Crippen molar-refractivity contribution in [3.8, 4) is 0 Å². The van der Waals surface area contributed by atoms with Crippen LogP contribution in [0.15, 0.2) is 53.4 Å². The SMILES string of the molecule is C[C@H]1CCCCN1S(=O)(=O)c1ccc(NC(=O)CN2C(=O)C(=O)c3ccccc32)cc1. The molecular formula is C22H23N3O5S. The number of piperidine rings is 1. The molecule has 2 aliphatic rings. The highest BCUT2D eigenvalue weighted by Gasteiger charge is 2.36. The summed E-state index contributed by atoms with van der Waals surface area (Å²) in [5, 5.41) is 2.65. The zero-order valence-electron chi connectivity index (χ0n) is 17.1. The number of sulfonamides is 1. The summed E-state index contributed by atoms with van der Waals surface area (Å²) in [4.78, 5) is 38.0. The van der Waals surface area contributed by atoms with Crippen LogP contribution < -0.4 is 10.2 Å². The zero-order valence-corrected chi connectivity index (χ0v) is 17.9. The number of hydrogen-bond acceptors (Lipinski definition) is 5. The van der Waals surface area contributed by atoms with Gasteiger partial charge in [-0.25, -0.2) is 8.42 Å². The highest BCUT2D eigenvalue weighted by molar-refractivity contribution is 7.89. The molecule has 0 spiro atoms. The van der Waals surface area contributed by atoms with E-state index in [0.717, 1.165) is 24.2 Å². The summed E-state index contributed by atoms with van der Waals surface area (Å²) in [5.74, 6) is -1.86. The maximum atomic E-state index is 12.9. The summed E-state index contributed by atoms with van der Waals surface area (Å²) in [7, 11) is -3.59. The van der Waals surface area contributed by atoms with E-state index in [4.69, 9.17) is 0 Å². The van der Waals surface area contributed by atoms with Crippen molar-refractivity contribution in [3.05, 3.63) is 54.1 Å². The monoisotopic (exact) mass is 441 g/mol. The van der Waals surface area contributed by atoms with Crippen LogP contribution in [0.25, 0.3) is 0 Å². The van der Waals surface area contributed by atoms with Crippen molar-refractivity contribution in [3.63, 3.8) is 0 Å². The standard InChI is InChI=1S/C22H23N3O5S/c1-15-6-4-5-13-25(15)31(29,30)17-11-9-16(10-12-17)23-20(26)14-24-19-8-3-2-7-18(19)21(27)22(24)28/h2-3,7-12,15H,4-6,13-14H2,1H3,(H,23,26)/t15-/m0/s1. The van der Waals surface area contributed by atoms with Gasteiger partial charge in [-0.1, -0.05) is 18.6 Å². The number of fused-ring (bicyclic) bond motifs is 1. The van der Waals surface area contributed by atoms with Crippen LogP contribution in [0.4, 0.5) is 11.4 Å². The average Bonchev–Trinajstić information content (AvgIpc) is 2.99. The molecule has 1 atom stereocenters. The Morgan fingerprint density at radius 2 is 1.77 bits per heavy atom. The molecule has 1 fully saturated rings. The van der Waals surface area contributed by atoms with Crippen molar-refractivity contribution < 1.29 is 22.8 Å². The van der Waals surface area contributed by atoms with Gasteiger partial charge in [-0.05, 0) is 56.2 Å². The Balaban J connectivity index is 1.44. The van der Waals surface area contributed by atoms with Crippen molar-refractivity contribution in [2.24, 2.45) is 0 Å². The van der Waals surface area contributed by atoms with Crippen LogP contribution in [-0.4, -0.2) is 49.5 Å². The fraction of sp³-hybridized carbons (Fsp3) is 0.318. The second-order valence-corrected chi connectivity index (χ2v) is 9.66. The molecule has 0 aromatic heterocycles. The van der Waals surface area contributed by atoms with Gasteiger partial charge in [0.05, 0.1) is 16.1 Å². The largest absolute Gasteiger partial charge is 0.325 e. The van der Waals surface area contributed by atoms with Gasteiger partial charge in [0.1, 0.15) is 6.54 Å². The Morgan fingerprint density at radius 3 is 2.48 bits per heavy atom. The lowest BCUT2D eigenvalue weighted by molar-refractivity contribution is -0.118. The van der Waals surface area contributed by atoms with E-state index in [1.54, 1.807) is 24.3 Å². The maximum absolute atomic E-state index is 12.9. The summed E-state index contributed by atoms with van der Waals surface area (Å²) in [6.45, 7) is 2.10. The molecule has 0 aliphatic carbocycles. The molecule has 2 heterocycles. The summed E-state index contributed by atoms with van der Waals surface area (Å²) >= 11 is 0. The van der Waals surface area contributed by atoms with E-state index < -0.39 is 27.6 Å². The van der Waals surface area contributed by atoms with Gasteiger partial charge in [-0.2, -0.15) is 4.31 Å². The number of para-hydroxylation sites is 1. The lowest BCUT2D eigenvalue weighted by Gasteiger charge is -2.32. The smallest absolute Gasteiger partial charge is 0.299 e.